The largest absolute Gasteiger partial charge is 0.489 e. The van der Waals surface area contributed by atoms with Crippen molar-refractivity contribution in [3.63, 3.8) is 0 Å². The Kier molecular flexibility index (Phi) is 6.09. The van der Waals surface area contributed by atoms with Gasteiger partial charge in [-0.15, -0.1) is 0 Å². The lowest BCUT2D eigenvalue weighted by Gasteiger charge is -2.30. The third-order valence-corrected chi connectivity index (χ3v) is 5.34. The number of ether oxygens (including phenoxy) is 1. The molecule has 1 aliphatic rings. The molecule has 31 heavy (non-hydrogen) atoms. The van der Waals surface area contributed by atoms with Crippen molar-refractivity contribution in [2.75, 3.05) is 0 Å². The molecule has 0 saturated heterocycles. The van der Waals surface area contributed by atoms with Crippen LogP contribution in [0, 0.1) is 5.82 Å². The van der Waals surface area contributed by atoms with Gasteiger partial charge in [0.05, 0.1) is 6.04 Å². The van der Waals surface area contributed by atoms with Gasteiger partial charge >= 0.3 is 0 Å². The van der Waals surface area contributed by atoms with Crippen molar-refractivity contribution in [1.29, 1.82) is 0 Å². The van der Waals surface area contributed by atoms with E-state index in [4.69, 9.17) is 17.0 Å². The number of carbonyl (C=O) groups is 1. The van der Waals surface area contributed by atoms with Crippen LogP contribution in [0.1, 0.15) is 34.5 Å². The van der Waals surface area contributed by atoms with Crippen molar-refractivity contribution < 1.29 is 13.9 Å². The predicted octanol–water partition coefficient (Wildman–Crippen LogP) is 5.08. The highest BCUT2D eigenvalue weighted by Gasteiger charge is 2.30. The Morgan fingerprint density at radius 1 is 1.00 bits per heavy atom. The molecule has 0 fully saturated rings. The van der Waals surface area contributed by atoms with Crippen molar-refractivity contribution in [1.82, 2.24) is 10.6 Å². The number of hydrogen-bond donors (Lipinski definition) is 2. The Hall–Kier alpha value is -3.51. The Morgan fingerprint density at radius 3 is 2.39 bits per heavy atom. The van der Waals surface area contributed by atoms with E-state index in [1.54, 1.807) is 30.3 Å². The summed E-state index contributed by atoms with van der Waals surface area (Å²) < 4.78 is 19.5. The summed E-state index contributed by atoms with van der Waals surface area (Å²) >= 11 is 5.32. The van der Waals surface area contributed by atoms with Crippen molar-refractivity contribution >= 4 is 23.1 Å². The molecular weight excluding hydrogens is 411 g/mol. The number of rotatable bonds is 6. The molecule has 1 atom stereocenters. The zero-order valence-corrected chi connectivity index (χ0v) is 17.7. The average Bonchev–Trinajstić information content (AvgIpc) is 2.78. The Balaban J connectivity index is 1.56. The second-order valence-electron chi connectivity index (χ2n) is 7.21. The minimum atomic E-state index is -0.387. The average molecular weight is 433 g/mol. The highest BCUT2D eigenvalue weighted by molar-refractivity contribution is 7.80. The molecule has 1 heterocycles. The van der Waals surface area contributed by atoms with Crippen LogP contribution in [-0.4, -0.2) is 10.9 Å². The van der Waals surface area contributed by atoms with Gasteiger partial charge < -0.3 is 15.4 Å². The lowest BCUT2D eigenvalue weighted by molar-refractivity contribution is 0.102. The summed E-state index contributed by atoms with van der Waals surface area (Å²) in [7, 11) is 0. The highest BCUT2D eigenvalue weighted by atomic mass is 32.1. The molecule has 156 valence electrons. The molecule has 0 amide bonds. The Morgan fingerprint density at radius 2 is 1.68 bits per heavy atom. The molecule has 0 spiro atoms. The first-order valence-corrected chi connectivity index (χ1v) is 10.3. The van der Waals surface area contributed by atoms with E-state index in [9.17, 15) is 9.18 Å². The summed E-state index contributed by atoms with van der Waals surface area (Å²) in [6, 6.07) is 22.7. The lowest BCUT2D eigenvalue weighted by Crippen LogP contribution is -2.44. The van der Waals surface area contributed by atoms with Crippen molar-refractivity contribution in [2.24, 2.45) is 0 Å². The summed E-state index contributed by atoms with van der Waals surface area (Å²) in [5.41, 5.74) is 3.32. The zero-order valence-electron chi connectivity index (χ0n) is 16.9. The maximum atomic E-state index is 13.8. The molecule has 4 rings (SSSR count). The number of nitrogens with one attached hydrogen (secondary N) is 2. The third-order valence-electron chi connectivity index (χ3n) is 5.12. The monoisotopic (exact) mass is 432 g/mol. The molecule has 0 saturated carbocycles. The maximum absolute atomic E-state index is 13.8. The molecule has 1 aliphatic heterocycles. The number of thiocarbonyl (C=S) groups is 1. The van der Waals surface area contributed by atoms with E-state index in [-0.39, 0.29) is 24.2 Å². The van der Waals surface area contributed by atoms with Gasteiger partial charge in [-0.05, 0) is 42.9 Å². The fraction of sp³-hybridized carbons (Fsp3) is 0.120. The van der Waals surface area contributed by atoms with E-state index in [0.29, 0.717) is 27.6 Å². The molecule has 2 N–H and O–H groups in total. The molecule has 3 aromatic rings. The quantitative estimate of drug-likeness (QED) is 0.420. The van der Waals surface area contributed by atoms with Crippen LogP contribution in [0.4, 0.5) is 4.39 Å². The molecule has 4 nitrogen and oxygen atoms in total. The fourth-order valence-electron chi connectivity index (χ4n) is 3.52. The zero-order chi connectivity index (χ0) is 21.8. The molecule has 0 bridgehead atoms. The number of halogens is 1. The second-order valence-corrected chi connectivity index (χ2v) is 7.62. The van der Waals surface area contributed by atoms with Gasteiger partial charge in [0.2, 0.25) is 0 Å². The number of carbonyl (C=O) groups excluding carboxylic acids is 1. The minimum absolute atomic E-state index is 0.0644. The van der Waals surface area contributed by atoms with Gasteiger partial charge in [-0.2, -0.15) is 0 Å². The topological polar surface area (TPSA) is 50.4 Å². The Bertz CT molecular complexity index is 1140. The van der Waals surface area contributed by atoms with E-state index in [2.05, 4.69) is 10.6 Å². The lowest BCUT2D eigenvalue weighted by atomic mass is 9.90. The molecule has 0 aliphatic carbocycles. The van der Waals surface area contributed by atoms with Crippen LogP contribution in [0.5, 0.6) is 5.75 Å². The van der Waals surface area contributed by atoms with Crippen molar-refractivity contribution in [3.8, 4) is 5.75 Å². The third kappa shape index (κ3) is 4.64. The minimum Gasteiger partial charge on any atom is -0.489 e. The maximum Gasteiger partial charge on any atom is 0.193 e. The molecule has 1 unspecified atom stereocenters. The van der Waals surface area contributed by atoms with E-state index < -0.39 is 0 Å². The molecule has 3 aromatic carbocycles. The van der Waals surface area contributed by atoms with Crippen LogP contribution in [0.3, 0.4) is 0 Å². The van der Waals surface area contributed by atoms with Crippen LogP contribution >= 0.6 is 12.2 Å². The second kappa shape index (κ2) is 9.10. The van der Waals surface area contributed by atoms with Crippen LogP contribution in [0.15, 0.2) is 90.1 Å². The molecule has 0 aromatic heterocycles. The van der Waals surface area contributed by atoms with E-state index in [0.717, 1.165) is 11.3 Å². The van der Waals surface area contributed by atoms with Crippen LogP contribution in [0.25, 0.3) is 0 Å². The first-order valence-electron chi connectivity index (χ1n) is 9.87. The summed E-state index contributed by atoms with van der Waals surface area (Å²) in [4.78, 5) is 13.2. The standard InChI is InChI=1S/C25H21FN2O2S/c1-16-22(24(29)18-7-3-2-4-8-18)23(28-25(31)27-16)17-11-13-20(14-12-17)30-15-19-9-5-6-10-21(19)26/h2-14,23H,15H2,1H3,(H2,27,28,31). The predicted molar refractivity (Wildman–Crippen MR) is 122 cm³/mol. The summed E-state index contributed by atoms with van der Waals surface area (Å²) in [5.74, 6) is 0.252. The van der Waals surface area contributed by atoms with Gasteiger partial charge in [0, 0.05) is 22.4 Å². The normalized spacial score (nSPS) is 15.8. The number of Topliss-reactive ketones (excluding diaryl/α,β-unsaturated/α-hetero) is 1. The first kappa shape index (κ1) is 20.8. The first-order chi connectivity index (χ1) is 15.0. The van der Waals surface area contributed by atoms with Gasteiger partial charge in [0.1, 0.15) is 18.2 Å². The van der Waals surface area contributed by atoms with Gasteiger partial charge in [-0.25, -0.2) is 4.39 Å². The summed E-state index contributed by atoms with van der Waals surface area (Å²) in [6.07, 6.45) is 0. The molecule has 0 radical (unpaired) electrons. The van der Waals surface area contributed by atoms with Crippen LogP contribution < -0.4 is 15.4 Å². The van der Waals surface area contributed by atoms with E-state index in [1.165, 1.54) is 6.07 Å². The van der Waals surface area contributed by atoms with Crippen molar-refractivity contribution in [3.05, 3.63) is 113 Å². The van der Waals surface area contributed by atoms with Crippen molar-refractivity contribution in [2.45, 2.75) is 19.6 Å². The Labute approximate surface area is 185 Å². The number of allylic oxidation sites excluding steroid dienone is 1. The smallest absolute Gasteiger partial charge is 0.193 e. The highest BCUT2D eigenvalue weighted by Crippen LogP contribution is 2.30. The summed E-state index contributed by atoms with van der Waals surface area (Å²) in [6.45, 7) is 1.99. The SMILES string of the molecule is CC1=C(C(=O)c2ccccc2)C(c2ccc(OCc3ccccc3F)cc2)NC(=S)N1. The molecular formula is C25H21FN2O2S. The van der Waals surface area contributed by atoms with E-state index >= 15 is 0 Å². The van der Waals surface area contributed by atoms with E-state index in [1.807, 2.05) is 49.4 Å². The summed E-state index contributed by atoms with van der Waals surface area (Å²) in [5, 5.41) is 6.72. The fourth-order valence-corrected chi connectivity index (χ4v) is 3.79. The van der Waals surface area contributed by atoms with Gasteiger partial charge in [-0.3, -0.25) is 4.79 Å². The van der Waals surface area contributed by atoms with Crippen LogP contribution in [-0.2, 0) is 6.61 Å². The van der Waals surface area contributed by atoms with Gasteiger partial charge in [0.25, 0.3) is 0 Å². The van der Waals surface area contributed by atoms with Gasteiger partial charge in [-0.1, -0.05) is 60.7 Å². The number of ketones is 1. The number of benzene rings is 3. The number of hydrogen-bond acceptors (Lipinski definition) is 3. The van der Waals surface area contributed by atoms with Gasteiger partial charge in [0.15, 0.2) is 10.9 Å². The van der Waals surface area contributed by atoms with Crippen LogP contribution in [0.2, 0.25) is 0 Å². The molecule has 6 heteroatoms.